The SMILES string of the molecule is CCOc1ccc(C(=O)NNC(=O)C(C)NS(=O)(=O)c2ccccc2)cc1OC. The lowest BCUT2D eigenvalue weighted by Crippen LogP contribution is -2.51. The number of methoxy groups -OCH3 is 1. The first kappa shape index (κ1) is 22.2. The number of carbonyl (C=O) groups excluding carboxylic acids is 2. The molecule has 0 aliphatic carbocycles. The summed E-state index contributed by atoms with van der Waals surface area (Å²) >= 11 is 0. The van der Waals surface area contributed by atoms with Gasteiger partial charge >= 0.3 is 0 Å². The van der Waals surface area contributed by atoms with E-state index in [0.29, 0.717) is 18.1 Å². The molecule has 2 rings (SSSR count). The van der Waals surface area contributed by atoms with Crippen molar-refractivity contribution >= 4 is 21.8 Å². The van der Waals surface area contributed by atoms with Crippen molar-refractivity contribution < 1.29 is 27.5 Å². The molecule has 156 valence electrons. The van der Waals surface area contributed by atoms with E-state index in [9.17, 15) is 18.0 Å². The monoisotopic (exact) mass is 421 g/mol. The molecular weight excluding hydrogens is 398 g/mol. The Morgan fingerprint density at radius 1 is 1.03 bits per heavy atom. The van der Waals surface area contributed by atoms with Crippen LogP contribution in [0.5, 0.6) is 11.5 Å². The summed E-state index contributed by atoms with van der Waals surface area (Å²) in [6.07, 6.45) is 0. The molecule has 0 spiro atoms. The predicted molar refractivity (Wildman–Crippen MR) is 106 cm³/mol. The number of benzene rings is 2. The summed E-state index contributed by atoms with van der Waals surface area (Å²) < 4.78 is 37.3. The van der Waals surface area contributed by atoms with Crippen molar-refractivity contribution in [2.75, 3.05) is 13.7 Å². The molecule has 2 amide bonds. The molecular formula is C19H23N3O6S. The average Bonchev–Trinajstić information content (AvgIpc) is 2.72. The number of hydrogen-bond donors (Lipinski definition) is 3. The topological polar surface area (TPSA) is 123 Å². The largest absolute Gasteiger partial charge is 0.493 e. The highest BCUT2D eigenvalue weighted by Crippen LogP contribution is 2.27. The Hall–Kier alpha value is -3.11. The number of amides is 2. The van der Waals surface area contributed by atoms with Gasteiger partial charge in [-0.25, -0.2) is 8.42 Å². The highest BCUT2D eigenvalue weighted by atomic mass is 32.2. The van der Waals surface area contributed by atoms with Crippen molar-refractivity contribution in [3.05, 3.63) is 54.1 Å². The third-order valence-corrected chi connectivity index (χ3v) is 5.36. The second-order valence-corrected chi connectivity index (χ2v) is 7.61. The molecule has 1 atom stereocenters. The van der Waals surface area contributed by atoms with Crippen LogP contribution >= 0.6 is 0 Å². The van der Waals surface area contributed by atoms with E-state index in [4.69, 9.17) is 9.47 Å². The first-order valence-corrected chi connectivity index (χ1v) is 10.2. The maximum atomic E-state index is 12.3. The smallest absolute Gasteiger partial charge is 0.269 e. The highest BCUT2D eigenvalue weighted by molar-refractivity contribution is 7.89. The van der Waals surface area contributed by atoms with Crippen molar-refractivity contribution in [2.45, 2.75) is 24.8 Å². The summed E-state index contributed by atoms with van der Waals surface area (Å²) in [5.74, 6) is -0.470. The summed E-state index contributed by atoms with van der Waals surface area (Å²) in [5, 5.41) is 0. The van der Waals surface area contributed by atoms with Crippen LogP contribution < -0.4 is 25.0 Å². The summed E-state index contributed by atoms with van der Waals surface area (Å²) in [5.41, 5.74) is 4.66. The number of sulfonamides is 1. The zero-order valence-electron chi connectivity index (χ0n) is 16.3. The van der Waals surface area contributed by atoms with Gasteiger partial charge in [0.2, 0.25) is 10.0 Å². The van der Waals surface area contributed by atoms with E-state index < -0.39 is 27.9 Å². The van der Waals surface area contributed by atoms with Gasteiger partial charge in [-0.15, -0.1) is 0 Å². The number of hydrazine groups is 1. The molecule has 0 aliphatic heterocycles. The lowest BCUT2D eigenvalue weighted by molar-refractivity contribution is -0.123. The molecule has 1 unspecified atom stereocenters. The van der Waals surface area contributed by atoms with Crippen LogP contribution in [0.3, 0.4) is 0 Å². The Morgan fingerprint density at radius 3 is 2.34 bits per heavy atom. The van der Waals surface area contributed by atoms with E-state index >= 15 is 0 Å². The van der Waals surface area contributed by atoms with Crippen LogP contribution in [0.1, 0.15) is 24.2 Å². The van der Waals surface area contributed by atoms with Crippen LogP contribution in [0, 0.1) is 0 Å². The summed E-state index contributed by atoms with van der Waals surface area (Å²) in [4.78, 5) is 24.4. The van der Waals surface area contributed by atoms with Crippen LogP contribution in [-0.2, 0) is 14.8 Å². The molecule has 0 bridgehead atoms. The van der Waals surface area contributed by atoms with Gasteiger partial charge in [0.25, 0.3) is 11.8 Å². The number of hydrogen-bond acceptors (Lipinski definition) is 6. The van der Waals surface area contributed by atoms with E-state index in [0.717, 1.165) is 0 Å². The van der Waals surface area contributed by atoms with Crippen molar-refractivity contribution in [1.29, 1.82) is 0 Å². The molecule has 0 radical (unpaired) electrons. The summed E-state index contributed by atoms with van der Waals surface area (Å²) in [6.45, 7) is 3.62. The maximum Gasteiger partial charge on any atom is 0.269 e. The Labute approximate surface area is 169 Å². The van der Waals surface area contributed by atoms with Gasteiger partial charge in [-0.3, -0.25) is 20.4 Å². The van der Waals surface area contributed by atoms with Crippen LogP contribution in [0.15, 0.2) is 53.4 Å². The molecule has 0 saturated carbocycles. The molecule has 3 N–H and O–H groups in total. The quantitative estimate of drug-likeness (QED) is 0.551. The van der Waals surface area contributed by atoms with E-state index in [1.165, 1.54) is 38.3 Å². The van der Waals surface area contributed by atoms with Gasteiger partial charge in [-0.1, -0.05) is 18.2 Å². The van der Waals surface area contributed by atoms with Gasteiger partial charge in [0.1, 0.15) is 0 Å². The molecule has 0 aromatic heterocycles. The third-order valence-electron chi connectivity index (χ3n) is 3.80. The number of nitrogens with one attached hydrogen (secondary N) is 3. The molecule has 0 saturated heterocycles. The molecule has 0 heterocycles. The minimum Gasteiger partial charge on any atom is -0.493 e. The molecule has 29 heavy (non-hydrogen) atoms. The first-order valence-electron chi connectivity index (χ1n) is 8.77. The van der Waals surface area contributed by atoms with Crippen LogP contribution in [0.2, 0.25) is 0 Å². The predicted octanol–water partition coefficient (Wildman–Crippen LogP) is 1.22. The van der Waals surface area contributed by atoms with Crippen LogP contribution in [0.25, 0.3) is 0 Å². The fourth-order valence-corrected chi connectivity index (χ4v) is 3.56. The molecule has 0 fully saturated rings. The van der Waals surface area contributed by atoms with Gasteiger partial charge in [0.05, 0.1) is 24.7 Å². The van der Waals surface area contributed by atoms with E-state index in [1.807, 2.05) is 6.92 Å². The van der Waals surface area contributed by atoms with Gasteiger partial charge < -0.3 is 9.47 Å². The van der Waals surface area contributed by atoms with Crippen LogP contribution in [-0.4, -0.2) is 40.0 Å². The molecule has 9 nitrogen and oxygen atoms in total. The number of ether oxygens (including phenoxy) is 2. The highest BCUT2D eigenvalue weighted by Gasteiger charge is 2.22. The van der Waals surface area contributed by atoms with Crippen molar-refractivity contribution in [3.63, 3.8) is 0 Å². The van der Waals surface area contributed by atoms with E-state index in [1.54, 1.807) is 24.3 Å². The van der Waals surface area contributed by atoms with E-state index in [2.05, 4.69) is 15.6 Å². The zero-order chi connectivity index (χ0) is 21.4. The molecule has 2 aromatic carbocycles. The minimum atomic E-state index is -3.87. The Balaban J connectivity index is 1.97. The van der Waals surface area contributed by atoms with Gasteiger partial charge in [0, 0.05) is 5.56 Å². The van der Waals surface area contributed by atoms with E-state index in [-0.39, 0.29) is 10.5 Å². The van der Waals surface area contributed by atoms with Gasteiger partial charge in [0.15, 0.2) is 11.5 Å². The first-order chi connectivity index (χ1) is 13.8. The lowest BCUT2D eigenvalue weighted by Gasteiger charge is -2.15. The molecule has 0 aliphatic rings. The minimum absolute atomic E-state index is 0.0326. The third kappa shape index (κ3) is 5.93. The number of carbonyl (C=O) groups is 2. The lowest BCUT2D eigenvalue weighted by atomic mass is 10.2. The van der Waals surface area contributed by atoms with Gasteiger partial charge in [-0.2, -0.15) is 4.72 Å². The second-order valence-electron chi connectivity index (χ2n) is 5.90. The van der Waals surface area contributed by atoms with Crippen molar-refractivity contribution in [1.82, 2.24) is 15.6 Å². The van der Waals surface area contributed by atoms with Gasteiger partial charge in [-0.05, 0) is 44.2 Å². The standard InChI is InChI=1S/C19H23N3O6S/c1-4-28-16-11-10-14(12-17(16)27-3)19(24)21-20-18(23)13(2)22-29(25,26)15-8-6-5-7-9-15/h5-13,22H,4H2,1-3H3,(H,20,23)(H,21,24). The maximum absolute atomic E-state index is 12.3. The summed E-state index contributed by atoms with van der Waals surface area (Å²) in [7, 11) is -2.42. The number of rotatable bonds is 8. The molecule has 2 aromatic rings. The Kier molecular flexibility index (Phi) is 7.57. The summed E-state index contributed by atoms with van der Waals surface area (Å²) in [6, 6.07) is 11.1. The second kappa shape index (κ2) is 9.89. The average molecular weight is 421 g/mol. The molecule has 10 heteroatoms. The fourth-order valence-electron chi connectivity index (χ4n) is 2.34. The van der Waals surface area contributed by atoms with Crippen molar-refractivity contribution in [3.8, 4) is 11.5 Å². The fraction of sp³-hybridized carbons (Fsp3) is 0.263. The van der Waals surface area contributed by atoms with Crippen LogP contribution in [0.4, 0.5) is 0 Å². The Morgan fingerprint density at radius 2 is 1.72 bits per heavy atom. The normalized spacial score (nSPS) is 12.0. The van der Waals surface area contributed by atoms with Crippen molar-refractivity contribution in [2.24, 2.45) is 0 Å². The Bertz CT molecular complexity index is 963. The zero-order valence-corrected chi connectivity index (χ0v) is 17.1.